The summed E-state index contributed by atoms with van der Waals surface area (Å²) in [5, 5.41) is 0. The fourth-order valence-corrected chi connectivity index (χ4v) is 7.49. The van der Waals surface area contributed by atoms with Crippen LogP contribution >= 0.6 is 0 Å². The van der Waals surface area contributed by atoms with Crippen molar-refractivity contribution < 1.29 is 4.57 Å². The number of H-pyrrole nitrogens is 1. The Labute approximate surface area is 285 Å². The molecule has 0 fully saturated rings. The predicted molar refractivity (Wildman–Crippen MR) is 202 cm³/mol. The van der Waals surface area contributed by atoms with E-state index in [0.29, 0.717) is 12.0 Å². The summed E-state index contributed by atoms with van der Waals surface area (Å²) in [6.45, 7) is 9.43. The van der Waals surface area contributed by atoms with Crippen LogP contribution in [0.4, 0.5) is 0 Å². The molecule has 45 heavy (non-hydrogen) atoms. The standard InChI is InChI=1S/C43H84N2/c1-5-8-11-14-17-20-22-24-25-27-30-33-36-41(4)45-40-39-44-43(45)42(37-34-31-28-19-16-13-10-7-3)38-35-32-29-26-23-21-18-15-12-9-6-2/h39-42H,5-38H2,1-4H3/p+1. The Bertz CT molecular complexity index is 694. The second kappa shape index (κ2) is 33.1. The van der Waals surface area contributed by atoms with Gasteiger partial charge in [0.25, 0.3) is 5.82 Å². The summed E-state index contributed by atoms with van der Waals surface area (Å²) in [4.78, 5) is 3.76. The Kier molecular flexibility index (Phi) is 31.1. The molecule has 1 N–H and O–H groups in total. The maximum Gasteiger partial charge on any atom is 0.257 e. The van der Waals surface area contributed by atoms with Crippen molar-refractivity contribution in [2.75, 3.05) is 0 Å². The van der Waals surface area contributed by atoms with E-state index in [1.54, 1.807) is 0 Å². The van der Waals surface area contributed by atoms with Gasteiger partial charge in [-0.2, -0.15) is 0 Å². The Morgan fingerprint density at radius 1 is 0.422 bits per heavy atom. The summed E-state index contributed by atoms with van der Waals surface area (Å²) >= 11 is 0. The molecule has 266 valence electrons. The highest BCUT2D eigenvalue weighted by Crippen LogP contribution is 2.27. The quantitative estimate of drug-likeness (QED) is 0.0563. The fourth-order valence-electron chi connectivity index (χ4n) is 7.49. The van der Waals surface area contributed by atoms with Gasteiger partial charge in [0.2, 0.25) is 0 Å². The van der Waals surface area contributed by atoms with E-state index in [1.165, 1.54) is 224 Å². The third-order valence-corrected chi connectivity index (χ3v) is 10.6. The second-order valence-electron chi connectivity index (χ2n) is 15.1. The van der Waals surface area contributed by atoms with E-state index in [4.69, 9.17) is 0 Å². The number of aromatic nitrogens is 2. The van der Waals surface area contributed by atoms with Crippen molar-refractivity contribution in [1.29, 1.82) is 0 Å². The molecular formula is C43H85N2+. The average molecular weight is 630 g/mol. The lowest BCUT2D eigenvalue weighted by atomic mass is 9.92. The van der Waals surface area contributed by atoms with Crippen molar-refractivity contribution in [1.82, 2.24) is 4.98 Å². The lowest BCUT2D eigenvalue weighted by Gasteiger charge is -2.17. The van der Waals surface area contributed by atoms with Crippen LogP contribution in [0.15, 0.2) is 12.4 Å². The highest BCUT2D eigenvalue weighted by Gasteiger charge is 2.25. The van der Waals surface area contributed by atoms with Crippen LogP contribution in [0.3, 0.4) is 0 Å². The van der Waals surface area contributed by atoms with E-state index in [0.717, 1.165) is 0 Å². The first-order chi connectivity index (χ1) is 22.2. The average Bonchev–Trinajstić information content (AvgIpc) is 3.54. The van der Waals surface area contributed by atoms with Crippen LogP contribution in [0, 0.1) is 0 Å². The molecule has 0 spiro atoms. The highest BCUT2D eigenvalue weighted by molar-refractivity contribution is 4.90. The Morgan fingerprint density at radius 3 is 1.04 bits per heavy atom. The first kappa shape index (κ1) is 42.2. The summed E-state index contributed by atoms with van der Waals surface area (Å²) in [6.07, 6.45) is 53.1. The van der Waals surface area contributed by atoms with Crippen LogP contribution < -0.4 is 4.57 Å². The molecule has 1 rings (SSSR count). The van der Waals surface area contributed by atoms with Crippen LogP contribution in [0.2, 0.25) is 0 Å². The molecule has 0 amide bonds. The van der Waals surface area contributed by atoms with Gasteiger partial charge in [0.1, 0.15) is 12.4 Å². The molecule has 2 nitrogen and oxygen atoms in total. The van der Waals surface area contributed by atoms with Gasteiger partial charge in [-0.1, -0.05) is 213 Å². The maximum atomic E-state index is 3.76. The fraction of sp³-hybridized carbons (Fsp3) is 0.930. The second-order valence-corrected chi connectivity index (χ2v) is 15.1. The molecule has 0 bridgehead atoms. The van der Waals surface area contributed by atoms with Gasteiger partial charge in [-0.25, -0.2) is 9.55 Å². The molecule has 0 saturated carbocycles. The van der Waals surface area contributed by atoms with E-state index >= 15 is 0 Å². The smallest absolute Gasteiger partial charge is 0.247 e. The zero-order valence-electron chi connectivity index (χ0n) is 31.8. The number of unbranched alkanes of at least 4 members (excludes halogenated alkanes) is 28. The largest absolute Gasteiger partial charge is 0.257 e. The number of imidazole rings is 1. The zero-order chi connectivity index (χ0) is 32.5. The van der Waals surface area contributed by atoms with Gasteiger partial charge in [-0.05, 0) is 32.6 Å². The minimum Gasteiger partial charge on any atom is -0.247 e. The van der Waals surface area contributed by atoms with Crippen molar-refractivity contribution in [2.45, 2.75) is 258 Å². The van der Waals surface area contributed by atoms with E-state index < -0.39 is 0 Å². The number of hydrogen-bond acceptors (Lipinski definition) is 0. The molecule has 1 heterocycles. The lowest BCUT2D eigenvalue weighted by molar-refractivity contribution is -0.727. The van der Waals surface area contributed by atoms with Crippen LogP contribution in [-0.4, -0.2) is 4.98 Å². The Morgan fingerprint density at radius 2 is 0.711 bits per heavy atom. The number of hydrogen-bond donors (Lipinski definition) is 1. The Balaban J connectivity index is 2.39. The zero-order valence-corrected chi connectivity index (χ0v) is 31.8. The van der Waals surface area contributed by atoms with Gasteiger partial charge >= 0.3 is 0 Å². The topological polar surface area (TPSA) is 19.7 Å². The molecule has 2 heteroatoms. The SMILES string of the molecule is CCCCCCCCCCCCCCC(C)[n+]1cc[nH]c1C(CCCCCCCCCC)CCCCCCCCCCCCC. The highest BCUT2D eigenvalue weighted by atomic mass is 15.1. The van der Waals surface area contributed by atoms with E-state index in [9.17, 15) is 0 Å². The predicted octanol–water partition coefficient (Wildman–Crippen LogP) is 15.3. The third-order valence-electron chi connectivity index (χ3n) is 10.6. The summed E-state index contributed by atoms with van der Waals surface area (Å²) < 4.78 is 2.65. The van der Waals surface area contributed by atoms with E-state index in [1.807, 2.05) is 0 Å². The molecule has 2 unspecified atom stereocenters. The van der Waals surface area contributed by atoms with Crippen LogP contribution in [0.5, 0.6) is 0 Å². The monoisotopic (exact) mass is 630 g/mol. The van der Waals surface area contributed by atoms with Gasteiger partial charge in [-0.15, -0.1) is 0 Å². The molecule has 0 aliphatic heterocycles. The van der Waals surface area contributed by atoms with Gasteiger partial charge in [-0.3, -0.25) is 0 Å². The Hall–Kier alpha value is -0.790. The van der Waals surface area contributed by atoms with E-state index in [-0.39, 0.29) is 0 Å². The van der Waals surface area contributed by atoms with Crippen molar-refractivity contribution in [3.8, 4) is 0 Å². The first-order valence-electron chi connectivity index (χ1n) is 21.3. The number of rotatable bonds is 36. The van der Waals surface area contributed by atoms with E-state index in [2.05, 4.69) is 49.6 Å². The van der Waals surface area contributed by atoms with Crippen LogP contribution in [-0.2, 0) is 0 Å². The number of nitrogens with zero attached hydrogens (tertiary/aromatic N) is 1. The molecule has 0 radical (unpaired) electrons. The van der Waals surface area contributed by atoms with Crippen molar-refractivity contribution in [3.05, 3.63) is 18.2 Å². The van der Waals surface area contributed by atoms with Gasteiger partial charge in [0.05, 0.1) is 12.0 Å². The summed E-state index contributed by atoms with van der Waals surface area (Å²) in [6, 6.07) is 0.618. The number of aromatic amines is 1. The van der Waals surface area contributed by atoms with Gasteiger partial charge in [0, 0.05) is 0 Å². The lowest BCUT2D eigenvalue weighted by Crippen LogP contribution is -2.41. The van der Waals surface area contributed by atoms with Gasteiger partial charge < -0.3 is 0 Å². The summed E-state index contributed by atoms with van der Waals surface area (Å²) in [5.74, 6) is 2.25. The van der Waals surface area contributed by atoms with Crippen molar-refractivity contribution in [2.24, 2.45) is 0 Å². The first-order valence-corrected chi connectivity index (χ1v) is 21.3. The molecule has 1 aromatic rings. The third kappa shape index (κ3) is 25.0. The molecule has 0 saturated heterocycles. The molecule has 0 aromatic carbocycles. The molecule has 0 aliphatic rings. The summed E-state index contributed by atoms with van der Waals surface area (Å²) in [7, 11) is 0. The number of nitrogens with one attached hydrogen (secondary N) is 1. The molecule has 1 aromatic heterocycles. The molecular weight excluding hydrogens is 544 g/mol. The van der Waals surface area contributed by atoms with Crippen LogP contribution in [0.1, 0.15) is 264 Å². The minimum atomic E-state index is 0.618. The normalized spacial score (nSPS) is 13.1. The van der Waals surface area contributed by atoms with Crippen LogP contribution in [0.25, 0.3) is 0 Å². The minimum absolute atomic E-state index is 0.618. The molecule has 2 atom stereocenters. The van der Waals surface area contributed by atoms with Crippen molar-refractivity contribution in [3.63, 3.8) is 0 Å². The van der Waals surface area contributed by atoms with Crippen molar-refractivity contribution >= 4 is 0 Å². The van der Waals surface area contributed by atoms with Gasteiger partial charge in [0.15, 0.2) is 0 Å². The summed E-state index contributed by atoms with van der Waals surface area (Å²) in [5.41, 5.74) is 0. The maximum absolute atomic E-state index is 3.76. The molecule has 0 aliphatic carbocycles.